The molecule has 34 heavy (non-hydrogen) atoms. The monoisotopic (exact) mass is 482 g/mol. The lowest BCUT2D eigenvalue weighted by Crippen LogP contribution is -2.42. The normalized spacial score (nSPS) is 20.4. The maximum atomic E-state index is 13.0. The van der Waals surface area contributed by atoms with E-state index in [1.54, 1.807) is 24.3 Å². The zero-order valence-electron chi connectivity index (χ0n) is 18.7. The molecule has 0 spiro atoms. The summed E-state index contributed by atoms with van der Waals surface area (Å²) in [7, 11) is -3.21. The first kappa shape index (κ1) is 23.6. The quantitative estimate of drug-likeness (QED) is 0.654. The number of nitrogens with zero attached hydrogens (tertiary/aromatic N) is 2. The van der Waals surface area contributed by atoms with E-state index in [-0.39, 0.29) is 47.9 Å². The van der Waals surface area contributed by atoms with Crippen LogP contribution in [0.1, 0.15) is 48.1 Å². The van der Waals surface area contributed by atoms with Crippen LogP contribution in [0.5, 0.6) is 0 Å². The molecular weight excluding hydrogens is 456 g/mol. The Morgan fingerprint density at radius 2 is 1.74 bits per heavy atom. The first-order chi connectivity index (χ1) is 16.2. The van der Waals surface area contributed by atoms with Crippen LogP contribution in [0.15, 0.2) is 59.7 Å². The van der Waals surface area contributed by atoms with E-state index in [0.717, 1.165) is 10.6 Å². The number of para-hydroxylation sites is 1. The second-order valence-electron chi connectivity index (χ2n) is 8.45. The zero-order valence-corrected chi connectivity index (χ0v) is 19.5. The molecule has 0 aromatic heterocycles. The van der Waals surface area contributed by atoms with Crippen LogP contribution in [-0.2, 0) is 19.4 Å². The second-order valence-corrected chi connectivity index (χ2v) is 10.7. The van der Waals surface area contributed by atoms with Crippen LogP contribution in [0.3, 0.4) is 0 Å². The van der Waals surface area contributed by atoms with Crippen LogP contribution < -0.4 is 10.6 Å². The van der Waals surface area contributed by atoms with Crippen molar-refractivity contribution in [1.29, 1.82) is 0 Å². The van der Waals surface area contributed by atoms with Gasteiger partial charge in [0.25, 0.3) is 11.8 Å². The van der Waals surface area contributed by atoms with E-state index in [1.807, 2.05) is 37.3 Å². The summed E-state index contributed by atoms with van der Waals surface area (Å²) in [6.45, 7) is 1.88. The number of rotatable bonds is 6. The molecule has 0 aliphatic carbocycles. The van der Waals surface area contributed by atoms with E-state index >= 15 is 0 Å². The summed E-state index contributed by atoms with van der Waals surface area (Å²) in [6, 6.07) is 15.4. The molecule has 4 rings (SSSR count). The topological polar surface area (TPSA) is 125 Å². The van der Waals surface area contributed by atoms with E-state index in [2.05, 4.69) is 15.7 Å². The summed E-state index contributed by atoms with van der Waals surface area (Å²) in [5.41, 5.74) is 1.69. The molecular formula is C24H26N4O5S. The Bertz CT molecular complexity index is 1240. The summed E-state index contributed by atoms with van der Waals surface area (Å²) in [5.74, 6) is -1.32. The maximum Gasteiger partial charge on any atom is 0.271 e. The third kappa shape index (κ3) is 5.33. The molecule has 2 unspecified atom stereocenters. The molecule has 2 aliphatic rings. The third-order valence-corrected chi connectivity index (χ3v) is 7.69. The number of hydrogen-bond acceptors (Lipinski definition) is 6. The van der Waals surface area contributed by atoms with Gasteiger partial charge in [-0.2, -0.15) is 5.10 Å². The molecule has 10 heteroatoms. The average Bonchev–Trinajstić information content (AvgIpc) is 3.19. The first-order valence-corrected chi connectivity index (χ1v) is 12.9. The zero-order chi connectivity index (χ0) is 24.3. The molecule has 0 bridgehead atoms. The SMILES string of the molecule is CC(NC(=O)c1ccccc1NC(=O)C1=NN(C2CCS(=O)(=O)C2)C(=O)CC1)c1ccccc1. The first-order valence-electron chi connectivity index (χ1n) is 11.1. The fourth-order valence-electron chi connectivity index (χ4n) is 4.07. The van der Waals surface area contributed by atoms with Crippen LogP contribution in [0.2, 0.25) is 0 Å². The van der Waals surface area contributed by atoms with Gasteiger partial charge in [0.2, 0.25) is 5.91 Å². The molecule has 2 N–H and O–H groups in total. The van der Waals surface area contributed by atoms with Gasteiger partial charge >= 0.3 is 0 Å². The number of carbonyl (C=O) groups is 3. The van der Waals surface area contributed by atoms with Crippen LogP contribution in [0, 0.1) is 0 Å². The van der Waals surface area contributed by atoms with Gasteiger partial charge in [-0.3, -0.25) is 14.4 Å². The highest BCUT2D eigenvalue weighted by Crippen LogP contribution is 2.23. The lowest BCUT2D eigenvalue weighted by Gasteiger charge is -2.27. The van der Waals surface area contributed by atoms with Crippen molar-refractivity contribution < 1.29 is 22.8 Å². The van der Waals surface area contributed by atoms with Crippen molar-refractivity contribution in [2.75, 3.05) is 16.8 Å². The van der Waals surface area contributed by atoms with Gasteiger partial charge in [-0.05, 0) is 31.0 Å². The molecule has 2 heterocycles. The summed E-state index contributed by atoms with van der Waals surface area (Å²) < 4.78 is 23.6. The van der Waals surface area contributed by atoms with Gasteiger partial charge in [0, 0.05) is 12.8 Å². The highest BCUT2D eigenvalue weighted by atomic mass is 32.2. The fraction of sp³-hybridized carbons (Fsp3) is 0.333. The van der Waals surface area contributed by atoms with Gasteiger partial charge in [0.1, 0.15) is 5.71 Å². The number of nitrogens with one attached hydrogen (secondary N) is 2. The van der Waals surface area contributed by atoms with Crippen LogP contribution in [0.25, 0.3) is 0 Å². The largest absolute Gasteiger partial charge is 0.345 e. The van der Waals surface area contributed by atoms with Crippen molar-refractivity contribution in [1.82, 2.24) is 10.3 Å². The van der Waals surface area contributed by atoms with Crippen molar-refractivity contribution in [2.24, 2.45) is 5.10 Å². The number of amides is 3. The molecule has 1 fully saturated rings. The molecule has 2 aromatic rings. The van der Waals surface area contributed by atoms with Crippen LogP contribution >= 0.6 is 0 Å². The summed E-state index contributed by atoms with van der Waals surface area (Å²) in [6.07, 6.45) is 0.509. The lowest BCUT2D eigenvalue weighted by molar-refractivity contribution is -0.133. The number of carbonyl (C=O) groups excluding carboxylic acids is 3. The number of hydrazone groups is 1. The van der Waals surface area contributed by atoms with E-state index in [0.29, 0.717) is 17.7 Å². The summed E-state index contributed by atoms with van der Waals surface area (Å²) in [4.78, 5) is 38.2. The average molecular weight is 483 g/mol. The summed E-state index contributed by atoms with van der Waals surface area (Å²) in [5, 5.41) is 11.0. The Labute approximate surface area is 198 Å². The molecule has 2 atom stereocenters. The number of hydrogen-bond donors (Lipinski definition) is 2. The van der Waals surface area contributed by atoms with Gasteiger partial charge in [-0.25, -0.2) is 13.4 Å². The molecule has 0 saturated carbocycles. The standard InChI is InChI=1S/C24H26N4O5S/c1-16(17-7-3-2-4-8-17)25-23(30)19-9-5-6-10-20(19)26-24(31)21-11-12-22(29)28(27-21)18-13-14-34(32,33)15-18/h2-10,16,18H,11-15H2,1H3,(H,25,30)(H,26,31). The highest BCUT2D eigenvalue weighted by Gasteiger charge is 2.37. The van der Waals surface area contributed by atoms with Crippen molar-refractivity contribution in [3.8, 4) is 0 Å². The van der Waals surface area contributed by atoms with Crippen molar-refractivity contribution >= 4 is 39.0 Å². The Kier molecular flexibility index (Phi) is 6.78. The number of anilines is 1. The highest BCUT2D eigenvalue weighted by molar-refractivity contribution is 7.91. The van der Waals surface area contributed by atoms with E-state index in [4.69, 9.17) is 0 Å². The van der Waals surface area contributed by atoms with Gasteiger partial charge < -0.3 is 10.6 Å². The van der Waals surface area contributed by atoms with Gasteiger partial charge in [0.15, 0.2) is 9.84 Å². The minimum absolute atomic E-state index is 0.00237. The Hall–Kier alpha value is -3.53. The van der Waals surface area contributed by atoms with Crippen molar-refractivity contribution in [3.63, 3.8) is 0 Å². The van der Waals surface area contributed by atoms with E-state index in [1.165, 1.54) is 0 Å². The predicted octanol–water partition coefficient (Wildman–Crippen LogP) is 2.28. The molecule has 9 nitrogen and oxygen atoms in total. The lowest BCUT2D eigenvalue weighted by atomic mass is 10.1. The van der Waals surface area contributed by atoms with Gasteiger partial charge in [0.05, 0.1) is 34.8 Å². The second kappa shape index (κ2) is 9.76. The summed E-state index contributed by atoms with van der Waals surface area (Å²) >= 11 is 0. The smallest absolute Gasteiger partial charge is 0.271 e. The minimum atomic E-state index is -3.21. The van der Waals surface area contributed by atoms with Gasteiger partial charge in [-0.15, -0.1) is 0 Å². The van der Waals surface area contributed by atoms with E-state index < -0.39 is 21.8 Å². The van der Waals surface area contributed by atoms with Gasteiger partial charge in [-0.1, -0.05) is 42.5 Å². The Balaban J connectivity index is 1.48. The predicted molar refractivity (Wildman–Crippen MR) is 128 cm³/mol. The fourth-order valence-corrected chi connectivity index (χ4v) is 5.76. The van der Waals surface area contributed by atoms with Crippen molar-refractivity contribution in [3.05, 3.63) is 65.7 Å². The van der Waals surface area contributed by atoms with Crippen LogP contribution in [-0.4, -0.2) is 54.4 Å². The minimum Gasteiger partial charge on any atom is -0.345 e. The molecule has 1 saturated heterocycles. The molecule has 178 valence electrons. The molecule has 0 radical (unpaired) electrons. The van der Waals surface area contributed by atoms with Crippen molar-refractivity contribution in [2.45, 2.75) is 38.3 Å². The Morgan fingerprint density at radius 1 is 1.03 bits per heavy atom. The number of benzene rings is 2. The third-order valence-electron chi connectivity index (χ3n) is 5.94. The van der Waals surface area contributed by atoms with Crippen LogP contribution in [0.4, 0.5) is 5.69 Å². The molecule has 2 aromatic carbocycles. The van der Waals surface area contributed by atoms with E-state index in [9.17, 15) is 22.8 Å². The maximum absolute atomic E-state index is 13.0. The molecule has 2 aliphatic heterocycles. The number of sulfone groups is 1. The Morgan fingerprint density at radius 3 is 2.44 bits per heavy atom. The molecule has 3 amide bonds.